The molecular formula is C17H19ClFN5O3. The monoisotopic (exact) mass is 395 g/mol. The van der Waals surface area contributed by atoms with Crippen LogP contribution in [-0.2, 0) is 4.74 Å². The quantitative estimate of drug-likeness (QED) is 0.634. The molecule has 0 bridgehead atoms. The van der Waals surface area contributed by atoms with Crippen LogP contribution in [0.15, 0.2) is 6.33 Å². The molecule has 10 heteroatoms. The Morgan fingerprint density at radius 3 is 2.89 bits per heavy atom. The normalized spacial score (nSPS) is 19.4. The third kappa shape index (κ3) is 3.20. The molecule has 2 aromatic rings. The van der Waals surface area contributed by atoms with Crippen molar-refractivity contribution in [3.05, 3.63) is 17.3 Å². The summed E-state index contributed by atoms with van der Waals surface area (Å²) in [4.78, 5) is 28.4. The van der Waals surface area contributed by atoms with Crippen molar-refractivity contribution in [3.63, 3.8) is 0 Å². The molecule has 144 valence electrons. The lowest BCUT2D eigenvalue weighted by Crippen LogP contribution is -2.57. The van der Waals surface area contributed by atoms with Gasteiger partial charge in [-0.25, -0.2) is 19.2 Å². The summed E-state index contributed by atoms with van der Waals surface area (Å²) in [7, 11) is 0. The summed E-state index contributed by atoms with van der Waals surface area (Å²) in [5, 5.41) is 0.102. The predicted octanol–water partition coefficient (Wildman–Crippen LogP) is 2.64. The van der Waals surface area contributed by atoms with Gasteiger partial charge in [-0.15, -0.1) is 0 Å². The van der Waals surface area contributed by atoms with Crippen molar-refractivity contribution >= 4 is 34.4 Å². The standard InChI is InChI=1S/C17H19ClFN5O3/c1-17(2,3)27-16(25)23-4-5-24-9(6-23)7-26-15-10-12(11(19)13(18)22-15)20-8-21-14(10)24/h8-9H,4-7H2,1-3H3/t9-/m0/s1. The lowest BCUT2D eigenvalue weighted by molar-refractivity contribution is 0.0202. The number of fused-ring (bicyclic) bond motifs is 2. The molecule has 1 atom stereocenters. The summed E-state index contributed by atoms with van der Waals surface area (Å²) < 4.78 is 25.6. The van der Waals surface area contributed by atoms with E-state index in [2.05, 4.69) is 15.0 Å². The molecule has 2 aliphatic heterocycles. The van der Waals surface area contributed by atoms with Crippen LogP contribution in [0.4, 0.5) is 15.0 Å². The maximum Gasteiger partial charge on any atom is 0.410 e. The predicted molar refractivity (Wildman–Crippen MR) is 96.7 cm³/mol. The van der Waals surface area contributed by atoms with Crippen molar-refractivity contribution in [1.29, 1.82) is 0 Å². The molecule has 0 spiro atoms. The van der Waals surface area contributed by atoms with Crippen molar-refractivity contribution in [2.75, 3.05) is 31.1 Å². The fourth-order valence-electron chi connectivity index (χ4n) is 3.30. The first kappa shape index (κ1) is 18.0. The summed E-state index contributed by atoms with van der Waals surface area (Å²) in [6.45, 7) is 7.08. The van der Waals surface area contributed by atoms with Crippen LogP contribution in [0.5, 0.6) is 5.88 Å². The van der Waals surface area contributed by atoms with Gasteiger partial charge in [-0.3, -0.25) is 0 Å². The zero-order chi connectivity index (χ0) is 19.3. The Balaban J connectivity index is 1.67. The van der Waals surface area contributed by atoms with E-state index in [9.17, 15) is 9.18 Å². The van der Waals surface area contributed by atoms with Gasteiger partial charge in [-0.2, -0.15) is 4.98 Å². The first-order valence-electron chi connectivity index (χ1n) is 8.61. The van der Waals surface area contributed by atoms with Gasteiger partial charge in [0.05, 0.1) is 6.04 Å². The van der Waals surface area contributed by atoms with Crippen molar-refractivity contribution in [1.82, 2.24) is 19.9 Å². The van der Waals surface area contributed by atoms with Crippen LogP contribution >= 0.6 is 11.6 Å². The van der Waals surface area contributed by atoms with E-state index in [1.54, 1.807) is 4.90 Å². The van der Waals surface area contributed by atoms with Gasteiger partial charge in [0.25, 0.3) is 0 Å². The molecule has 0 aliphatic carbocycles. The molecule has 1 saturated heterocycles. The van der Waals surface area contributed by atoms with E-state index in [1.807, 2.05) is 25.7 Å². The highest BCUT2D eigenvalue weighted by molar-refractivity contribution is 6.30. The highest BCUT2D eigenvalue weighted by Crippen LogP contribution is 2.38. The Morgan fingerprint density at radius 2 is 2.15 bits per heavy atom. The topological polar surface area (TPSA) is 80.7 Å². The van der Waals surface area contributed by atoms with E-state index in [0.717, 1.165) is 0 Å². The first-order valence-corrected chi connectivity index (χ1v) is 8.99. The zero-order valence-corrected chi connectivity index (χ0v) is 16.0. The van der Waals surface area contributed by atoms with Crippen LogP contribution in [0.25, 0.3) is 10.9 Å². The molecule has 8 nitrogen and oxygen atoms in total. The Kier molecular flexibility index (Phi) is 4.21. The van der Waals surface area contributed by atoms with E-state index >= 15 is 0 Å². The molecule has 2 aromatic heterocycles. The minimum Gasteiger partial charge on any atom is -0.475 e. The van der Waals surface area contributed by atoms with Crippen molar-refractivity contribution in [2.45, 2.75) is 32.4 Å². The number of hydrogen-bond donors (Lipinski definition) is 0. The number of rotatable bonds is 0. The maximum atomic E-state index is 14.4. The number of nitrogens with zero attached hydrogens (tertiary/aromatic N) is 5. The van der Waals surface area contributed by atoms with Gasteiger partial charge in [-0.1, -0.05) is 11.6 Å². The Labute approximate surface area is 160 Å². The van der Waals surface area contributed by atoms with Crippen LogP contribution in [-0.4, -0.2) is 63.8 Å². The van der Waals surface area contributed by atoms with Gasteiger partial charge in [0.1, 0.15) is 35.3 Å². The van der Waals surface area contributed by atoms with Crippen LogP contribution in [0.1, 0.15) is 20.8 Å². The number of halogens is 2. The zero-order valence-electron chi connectivity index (χ0n) is 15.2. The third-order valence-corrected chi connectivity index (χ3v) is 4.70. The number of amides is 1. The van der Waals surface area contributed by atoms with E-state index in [1.165, 1.54) is 6.33 Å². The lowest BCUT2D eigenvalue weighted by atomic mass is 10.1. The molecule has 27 heavy (non-hydrogen) atoms. The summed E-state index contributed by atoms with van der Waals surface area (Å²) in [6.07, 6.45) is 0.924. The molecular weight excluding hydrogens is 377 g/mol. The second-order valence-corrected chi connectivity index (χ2v) is 7.89. The molecule has 4 heterocycles. The van der Waals surface area contributed by atoms with Crippen LogP contribution < -0.4 is 9.64 Å². The molecule has 0 radical (unpaired) electrons. The summed E-state index contributed by atoms with van der Waals surface area (Å²) in [5.74, 6) is 0.0307. The SMILES string of the molecule is CC(C)(C)OC(=O)N1CCN2c3ncnc4c(F)c(Cl)nc(c34)OC[C@@H]2C1. The third-order valence-electron chi connectivity index (χ3n) is 4.45. The van der Waals surface area contributed by atoms with Crippen molar-refractivity contribution in [2.24, 2.45) is 0 Å². The number of carbonyl (C=O) groups excluding carboxylic acids is 1. The van der Waals surface area contributed by atoms with Gasteiger partial charge in [-0.05, 0) is 20.8 Å². The van der Waals surface area contributed by atoms with Gasteiger partial charge < -0.3 is 19.3 Å². The first-order chi connectivity index (χ1) is 12.7. The molecule has 0 unspecified atom stereocenters. The number of aromatic nitrogens is 3. The number of piperazine rings is 1. The van der Waals surface area contributed by atoms with Gasteiger partial charge in [0, 0.05) is 19.6 Å². The average molecular weight is 396 g/mol. The Morgan fingerprint density at radius 1 is 1.37 bits per heavy atom. The second-order valence-electron chi connectivity index (χ2n) is 7.53. The summed E-state index contributed by atoms with van der Waals surface area (Å²) >= 11 is 5.87. The molecule has 0 N–H and O–H groups in total. The molecule has 4 rings (SSSR count). The van der Waals surface area contributed by atoms with Crippen molar-refractivity contribution < 1.29 is 18.7 Å². The lowest BCUT2D eigenvalue weighted by Gasteiger charge is -2.41. The van der Waals surface area contributed by atoms with E-state index in [-0.39, 0.29) is 35.3 Å². The number of pyridine rings is 1. The highest BCUT2D eigenvalue weighted by Gasteiger charge is 2.37. The summed E-state index contributed by atoms with van der Waals surface area (Å²) in [5.41, 5.74) is -0.494. The number of hydrogen-bond acceptors (Lipinski definition) is 7. The van der Waals surface area contributed by atoms with E-state index in [0.29, 0.717) is 30.8 Å². The van der Waals surface area contributed by atoms with Gasteiger partial charge in [0.2, 0.25) is 5.88 Å². The van der Waals surface area contributed by atoms with E-state index < -0.39 is 11.4 Å². The number of ether oxygens (including phenoxy) is 2. The molecule has 0 aromatic carbocycles. The van der Waals surface area contributed by atoms with Crippen LogP contribution in [0.2, 0.25) is 5.15 Å². The highest BCUT2D eigenvalue weighted by atomic mass is 35.5. The number of carbonyl (C=O) groups is 1. The molecule has 1 fully saturated rings. The molecule has 0 saturated carbocycles. The smallest absolute Gasteiger partial charge is 0.410 e. The van der Waals surface area contributed by atoms with Gasteiger partial charge in [0.15, 0.2) is 11.0 Å². The average Bonchev–Trinajstić information content (AvgIpc) is 2.76. The summed E-state index contributed by atoms with van der Waals surface area (Å²) in [6, 6.07) is -0.180. The Hall–Kier alpha value is -2.42. The largest absolute Gasteiger partial charge is 0.475 e. The molecule has 1 amide bonds. The molecule has 2 aliphatic rings. The van der Waals surface area contributed by atoms with Crippen LogP contribution in [0.3, 0.4) is 0 Å². The fourth-order valence-corrected chi connectivity index (χ4v) is 3.46. The fraction of sp³-hybridized carbons (Fsp3) is 0.529. The Bertz CT molecular complexity index is 920. The van der Waals surface area contributed by atoms with Crippen molar-refractivity contribution in [3.8, 4) is 5.88 Å². The minimum atomic E-state index is -0.700. The van der Waals surface area contributed by atoms with Gasteiger partial charge >= 0.3 is 6.09 Å². The second kappa shape index (κ2) is 6.33. The number of anilines is 1. The van der Waals surface area contributed by atoms with Crippen LogP contribution in [0, 0.1) is 5.82 Å². The maximum absolute atomic E-state index is 14.4. The minimum absolute atomic E-state index is 0.0743. The van der Waals surface area contributed by atoms with E-state index in [4.69, 9.17) is 21.1 Å².